The molecule has 0 aromatic carbocycles. The van der Waals surface area contributed by atoms with Gasteiger partial charge in [-0.15, -0.1) is 0 Å². The third-order valence-corrected chi connectivity index (χ3v) is 6.23. The van der Waals surface area contributed by atoms with Crippen molar-refractivity contribution in [2.45, 2.75) is 56.6 Å². The van der Waals surface area contributed by atoms with Crippen LogP contribution >= 0.6 is 0 Å². The highest BCUT2D eigenvalue weighted by Crippen LogP contribution is 2.62. The van der Waals surface area contributed by atoms with Gasteiger partial charge in [0.1, 0.15) is 6.04 Å². The second kappa shape index (κ2) is 4.66. The van der Waals surface area contributed by atoms with Gasteiger partial charge in [-0.1, -0.05) is 6.08 Å². The summed E-state index contributed by atoms with van der Waals surface area (Å²) in [4.78, 5) is 38.4. The molecule has 5 rings (SSSR count). The van der Waals surface area contributed by atoms with E-state index in [2.05, 4.69) is 0 Å². The lowest BCUT2D eigenvalue weighted by molar-refractivity contribution is -0.180. The van der Waals surface area contributed by atoms with Crippen LogP contribution in [0.3, 0.4) is 0 Å². The molecule has 124 valence electrons. The van der Waals surface area contributed by atoms with Gasteiger partial charge in [-0.05, 0) is 56.8 Å². The van der Waals surface area contributed by atoms with Gasteiger partial charge in [-0.25, -0.2) is 0 Å². The number of nitrogens with two attached hydrogens (primary N) is 1. The number of carbonyl (C=O) groups excluding carboxylic acids is 3. The van der Waals surface area contributed by atoms with Crippen molar-refractivity contribution >= 4 is 17.6 Å². The zero-order valence-corrected chi connectivity index (χ0v) is 13.0. The summed E-state index contributed by atoms with van der Waals surface area (Å²) in [6.45, 7) is 0. The van der Waals surface area contributed by atoms with E-state index in [4.69, 9.17) is 5.73 Å². The number of rotatable bonds is 3. The Morgan fingerprint density at radius 1 is 1.13 bits per heavy atom. The Hall–Kier alpha value is -1.69. The first kappa shape index (κ1) is 14.9. The second-order valence-electron chi connectivity index (χ2n) is 8.05. The Morgan fingerprint density at radius 2 is 1.78 bits per heavy atom. The number of hydrogen-bond acceptors (Lipinski definition) is 4. The Morgan fingerprint density at radius 3 is 2.35 bits per heavy atom. The maximum atomic E-state index is 13.0. The molecule has 23 heavy (non-hydrogen) atoms. The first-order valence-electron chi connectivity index (χ1n) is 8.37. The molecule has 4 bridgehead atoms. The normalized spacial score (nSPS) is 43.9. The summed E-state index contributed by atoms with van der Waals surface area (Å²) in [5, 5.41) is 10.7. The van der Waals surface area contributed by atoms with E-state index in [0.29, 0.717) is 37.5 Å². The van der Waals surface area contributed by atoms with Gasteiger partial charge < -0.3 is 10.8 Å². The van der Waals surface area contributed by atoms with Crippen molar-refractivity contribution in [3.05, 3.63) is 12.3 Å². The van der Waals surface area contributed by atoms with Crippen LogP contribution in [0, 0.1) is 17.3 Å². The summed E-state index contributed by atoms with van der Waals surface area (Å²) in [7, 11) is 0. The zero-order valence-electron chi connectivity index (χ0n) is 13.0. The molecule has 3 N–H and O–H groups in total. The number of carbonyl (C=O) groups is 3. The fourth-order valence-electron chi connectivity index (χ4n) is 5.81. The highest BCUT2D eigenvalue weighted by atomic mass is 16.3. The lowest BCUT2D eigenvalue weighted by atomic mass is 9.47. The van der Waals surface area contributed by atoms with Crippen LogP contribution in [0.5, 0.6) is 0 Å². The molecule has 3 unspecified atom stereocenters. The number of ketones is 1. The summed E-state index contributed by atoms with van der Waals surface area (Å²) in [5.41, 5.74) is 3.80. The molecular formula is C17H22N2O4. The number of Topliss-reactive ketones (excluding diaryl/α,β-unsaturated/α-hetero) is 1. The molecule has 0 aromatic rings. The third-order valence-electron chi connectivity index (χ3n) is 6.23. The number of hydrogen-bond donors (Lipinski definition) is 2. The minimum Gasteiger partial charge on any atom is -0.390 e. The SMILES string of the molecule is NC(=O)C1CC=CN1C(=O)C(=O)C12CC3CC(CC(O)(C3)C1)C2. The molecule has 4 saturated carbocycles. The molecule has 6 nitrogen and oxygen atoms in total. The van der Waals surface area contributed by atoms with Crippen LogP contribution in [-0.2, 0) is 14.4 Å². The van der Waals surface area contributed by atoms with Crippen molar-refractivity contribution in [2.24, 2.45) is 23.0 Å². The Kier molecular flexibility index (Phi) is 3.01. The van der Waals surface area contributed by atoms with Crippen LogP contribution in [0.2, 0.25) is 0 Å². The Balaban J connectivity index is 1.60. The molecule has 0 radical (unpaired) electrons. The van der Waals surface area contributed by atoms with Crippen molar-refractivity contribution in [1.82, 2.24) is 4.90 Å². The number of nitrogens with zero attached hydrogens (tertiary/aromatic N) is 1. The van der Waals surface area contributed by atoms with E-state index in [1.54, 1.807) is 6.08 Å². The third kappa shape index (κ3) is 2.15. The summed E-state index contributed by atoms with van der Waals surface area (Å²) in [6.07, 6.45) is 7.86. The molecular weight excluding hydrogens is 296 g/mol. The van der Waals surface area contributed by atoms with E-state index in [1.165, 1.54) is 11.1 Å². The van der Waals surface area contributed by atoms with E-state index in [-0.39, 0.29) is 0 Å². The fourth-order valence-corrected chi connectivity index (χ4v) is 5.81. The van der Waals surface area contributed by atoms with Crippen LogP contribution in [-0.4, -0.2) is 39.2 Å². The van der Waals surface area contributed by atoms with Gasteiger partial charge in [-0.3, -0.25) is 19.3 Å². The van der Waals surface area contributed by atoms with Gasteiger partial charge >= 0.3 is 0 Å². The second-order valence-corrected chi connectivity index (χ2v) is 8.05. The zero-order chi connectivity index (χ0) is 16.4. The van der Waals surface area contributed by atoms with E-state index < -0.39 is 34.7 Å². The fraction of sp³-hybridized carbons (Fsp3) is 0.706. The van der Waals surface area contributed by atoms with Crippen molar-refractivity contribution in [3.63, 3.8) is 0 Å². The minimum atomic E-state index is -0.788. The summed E-state index contributed by atoms with van der Waals surface area (Å²) in [6, 6.07) is -0.761. The van der Waals surface area contributed by atoms with Crippen LogP contribution in [0.25, 0.3) is 0 Å². The predicted octanol–water partition coefficient (Wildman–Crippen LogP) is 0.487. The highest BCUT2D eigenvalue weighted by molar-refractivity contribution is 6.38. The topological polar surface area (TPSA) is 101 Å². The molecule has 6 heteroatoms. The molecule has 5 aliphatic rings. The molecule has 0 aromatic heterocycles. The molecule has 4 aliphatic carbocycles. The lowest BCUT2D eigenvalue weighted by Crippen LogP contribution is -2.60. The van der Waals surface area contributed by atoms with Gasteiger partial charge in [0.25, 0.3) is 5.91 Å². The molecule has 2 amide bonds. The van der Waals surface area contributed by atoms with Crippen LogP contribution in [0.1, 0.15) is 44.9 Å². The number of amides is 2. The minimum absolute atomic E-state index is 0.332. The average Bonchev–Trinajstić information content (AvgIpc) is 2.92. The summed E-state index contributed by atoms with van der Waals surface area (Å²) in [5.74, 6) is -1.02. The van der Waals surface area contributed by atoms with E-state index in [0.717, 1.165) is 19.3 Å². The van der Waals surface area contributed by atoms with Crippen LogP contribution in [0.4, 0.5) is 0 Å². The van der Waals surface area contributed by atoms with Crippen LogP contribution < -0.4 is 5.73 Å². The van der Waals surface area contributed by atoms with E-state index in [9.17, 15) is 19.5 Å². The summed E-state index contributed by atoms with van der Waals surface area (Å²) >= 11 is 0. The molecule has 1 heterocycles. The van der Waals surface area contributed by atoms with Gasteiger partial charge in [0.15, 0.2) is 0 Å². The van der Waals surface area contributed by atoms with E-state index in [1.807, 2.05) is 0 Å². The number of aliphatic hydroxyl groups is 1. The first-order valence-corrected chi connectivity index (χ1v) is 8.37. The van der Waals surface area contributed by atoms with Crippen molar-refractivity contribution in [3.8, 4) is 0 Å². The lowest BCUT2D eigenvalue weighted by Gasteiger charge is -2.59. The van der Waals surface area contributed by atoms with Crippen molar-refractivity contribution in [2.75, 3.05) is 0 Å². The Labute approximate surface area is 134 Å². The molecule has 0 saturated heterocycles. The van der Waals surface area contributed by atoms with Gasteiger partial charge in [0.05, 0.1) is 5.60 Å². The average molecular weight is 318 g/mol. The first-order chi connectivity index (χ1) is 10.8. The van der Waals surface area contributed by atoms with Gasteiger partial charge in [-0.2, -0.15) is 0 Å². The largest absolute Gasteiger partial charge is 0.390 e. The highest BCUT2D eigenvalue weighted by Gasteiger charge is 2.61. The van der Waals surface area contributed by atoms with Gasteiger partial charge in [0, 0.05) is 11.6 Å². The maximum Gasteiger partial charge on any atom is 0.295 e. The maximum absolute atomic E-state index is 13.0. The quantitative estimate of drug-likeness (QED) is 0.739. The van der Waals surface area contributed by atoms with Crippen LogP contribution in [0.15, 0.2) is 12.3 Å². The van der Waals surface area contributed by atoms with Crippen molar-refractivity contribution in [1.29, 1.82) is 0 Å². The smallest absolute Gasteiger partial charge is 0.295 e. The van der Waals surface area contributed by atoms with Gasteiger partial charge in [0.2, 0.25) is 11.7 Å². The molecule has 1 aliphatic heterocycles. The standard InChI is InChI=1S/C17H22N2O4/c18-14(21)12-2-1-3-19(12)15(22)13(20)16-5-10-4-11(6-16)8-17(23,7-10)9-16/h1,3,10-12,23H,2,4-9H2,(H2,18,21). The molecule has 4 fully saturated rings. The molecule has 0 spiro atoms. The predicted molar refractivity (Wildman–Crippen MR) is 80.7 cm³/mol. The Bertz CT molecular complexity index is 612. The monoisotopic (exact) mass is 318 g/mol. The summed E-state index contributed by atoms with van der Waals surface area (Å²) < 4.78 is 0. The molecule has 3 atom stereocenters. The van der Waals surface area contributed by atoms with E-state index >= 15 is 0 Å². The van der Waals surface area contributed by atoms with Crippen molar-refractivity contribution < 1.29 is 19.5 Å². The number of primary amides is 1.